The predicted octanol–water partition coefficient (Wildman–Crippen LogP) is 5.25. The van der Waals surface area contributed by atoms with Crippen molar-refractivity contribution in [2.75, 3.05) is 19.1 Å². The topological polar surface area (TPSA) is 52.6 Å². The van der Waals surface area contributed by atoms with Crippen molar-refractivity contribution in [1.29, 1.82) is 0 Å². The molecule has 26 heavy (non-hydrogen) atoms. The molecule has 0 aromatic heterocycles. The van der Waals surface area contributed by atoms with Crippen molar-refractivity contribution in [2.24, 2.45) is 0 Å². The van der Waals surface area contributed by atoms with E-state index in [4.69, 9.17) is 44.3 Å². The van der Waals surface area contributed by atoms with Gasteiger partial charge in [-0.05, 0) is 56.2 Å². The molecule has 0 atom stereocenters. The minimum Gasteiger partial charge on any atom is -0.493 e. The number of ether oxygens (including phenoxy) is 2. The minimum atomic E-state index is -3.78. The Morgan fingerprint density at radius 3 is 2.15 bits per heavy atom. The zero-order valence-electron chi connectivity index (χ0n) is 13.8. The molecule has 0 amide bonds. The van der Waals surface area contributed by atoms with Crippen LogP contribution in [0.15, 0.2) is 46.2 Å². The lowest BCUT2D eigenvalue weighted by Gasteiger charge is -2.12. The molecule has 140 valence electrons. The summed E-state index contributed by atoms with van der Waals surface area (Å²) in [6.45, 7) is 4.23. The van der Waals surface area contributed by atoms with Crippen LogP contribution < -0.4 is 9.47 Å². The first-order valence-corrected chi connectivity index (χ1v) is 10.4. The van der Waals surface area contributed by atoms with Gasteiger partial charge in [-0.15, -0.1) is 11.6 Å². The lowest BCUT2D eigenvalue weighted by Crippen LogP contribution is -2.04. The van der Waals surface area contributed by atoms with Crippen molar-refractivity contribution in [3.63, 3.8) is 0 Å². The Morgan fingerprint density at radius 1 is 1.00 bits per heavy atom. The second-order valence-corrected chi connectivity index (χ2v) is 8.32. The number of rotatable bonds is 9. The molecule has 0 spiro atoms. The van der Waals surface area contributed by atoms with Crippen LogP contribution in [0.1, 0.15) is 6.42 Å². The molecular weight excluding hydrogens is 419 g/mol. The minimum absolute atomic E-state index is 0.0167. The van der Waals surface area contributed by atoms with Crippen LogP contribution in [0.5, 0.6) is 11.5 Å². The Morgan fingerprint density at radius 2 is 1.62 bits per heavy atom. The maximum atomic E-state index is 12.8. The molecule has 4 nitrogen and oxygen atoms in total. The van der Waals surface area contributed by atoms with Crippen molar-refractivity contribution >= 4 is 44.6 Å². The Kier molecular flexibility index (Phi) is 7.89. The van der Waals surface area contributed by atoms with Gasteiger partial charge in [0.2, 0.25) is 9.84 Å². The first-order valence-electron chi connectivity index (χ1n) is 7.66. The molecule has 0 fully saturated rings. The summed E-state index contributed by atoms with van der Waals surface area (Å²) in [4.78, 5) is 0.0864. The fraction of sp³-hybridized carbons (Fsp3) is 0.222. The van der Waals surface area contributed by atoms with E-state index in [1.807, 2.05) is 0 Å². The first-order chi connectivity index (χ1) is 12.4. The molecule has 0 saturated heterocycles. The maximum absolute atomic E-state index is 12.8. The lowest BCUT2D eigenvalue weighted by atomic mass is 10.3. The fourth-order valence-corrected chi connectivity index (χ4v) is 4.21. The molecule has 0 heterocycles. The molecule has 0 unspecified atom stereocenters. The largest absolute Gasteiger partial charge is 0.493 e. The number of halogens is 3. The highest BCUT2D eigenvalue weighted by atomic mass is 35.5. The summed E-state index contributed by atoms with van der Waals surface area (Å²) in [5, 5.41) is 0.244. The predicted molar refractivity (Wildman–Crippen MR) is 104 cm³/mol. The quantitative estimate of drug-likeness (QED) is 0.399. The maximum Gasteiger partial charge on any atom is 0.206 e. The van der Waals surface area contributed by atoms with Gasteiger partial charge in [-0.25, -0.2) is 8.42 Å². The Labute approximate surface area is 168 Å². The molecule has 0 N–H and O–H groups in total. The van der Waals surface area contributed by atoms with Gasteiger partial charge in [-0.2, -0.15) is 0 Å². The van der Waals surface area contributed by atoms with Crippen molar-refractivity contribution < 1.29 is 17.9 Å². The third-order valence-electron chi connectivity index (χ3n) is 3.31. The zero-order chi connectivity index (χ0) is 19.2. The Bertz CT molecular complexity index is 813. The summed E-state index contributed by atoms with van der Waals surface area (Å²) >= 11 is 17.9. The molecule has 0 aliphatic heterocycles. The van der Waals surface area contributed by atoms with E-state index in [0.717, 1.165) is 0 Å². The molecule has 2 aromatic carbocycles. The first kappa shape index (κ1) is 21.2. The van der Waals surface area contributed by atoms with Crippen molar-refractivity contribution in [3.8, 4) is 11.5 Å². The van der Waals surface area contributed by atoms with E-state index in [1.165, 1.54) is 24.3 Å². The second kappa shape index (κ2) is 9.70. The average molecular weight is 436 g/mol. The Balaban J connectivity index is 2.28. The van der Waals surface area contributed by atoms with Crippen LogP contribution in [0.2, 0.25) is 10.0 Å². The van der Waals surface area contributed by atoms with Gasteiger partial charge in [0.15, 0.2) is 5.75 Å². The van der Waals surface area contributed by atoms with Crippen LogP contribution in [-0.4, -0.2) is 27.5 Å². The number of alkyl halides is 1. The number of hydrogen-bond acceptors (Lipinski definition) is 4. The van der Waals surface area contributed by atoms with Crippen LogP contribution in [0.4, 0.5) is 0 Å². The van der Waals surface area contributed by atoms with Gasteiger partial charge in [0.1, 0.15) is 5.75 Å². The molecule has 0 saturated carbocycles. The van der Waals surface area contributed by atoms with E-state index in [-0.39, 0.29) is 25.6 Å². The van der Waals surface area contributed by atoms with Gasteiger partial charge < -0.3 is 9.47 Å². The molecule has 2 aromatic rings. The summed E-state index contributed by atoms with van der Waals surface area (Å²) in [7, 11) is -3.78. The van der Waals surface area contributed by atoms with E-state index in [1.54, 1.807) is 18.6 Å². The molecule has 0 aliphatic rings. The van der Waals surface area contributed by atoms with Gasteiger partial charge in [0.05, 0.1) is 33.0 Å². The molecule has 0 aliphatic carbocycles. The molecule has 2 radical (unpaired) electrons. The molecule has 0 bridgehead atoms. The van der Waals surface area contributed by atoms with Crippen molar-refractivity contribution in [2.45, 2.75) is 16.2 Å². The number of hydrogen-bond donors (Lipinski definition) is 0. The molecular formula is C18H17Cl3O4S. The van der Waals surface area contributed by atoms with Crippen LogP contribution in [0.3, 0.4) is 0 Å². The normalized spacial score (nSPS) is 11.4. The van der Waals surface area contributed by atoms with E-state index < -0.39 is 9.84 Å². The highest BCUT2D eigenvalue weighted by Crippen LogP contribution is 2.37. The van der Waals surface area contributed by atoms with Gasteiger partial charge in [-0.3, -0.25) is 0 Å². The summed E-state index contributed by atoms with van der Waals surface area (Å²) in [5.41, 5.74) is 0. The average Bonchev–Trinajstić information content (AvgIpc) is 2.62. The lowest BCUT2D eigenvalue weighted by molar-refractivity contribution is 0.318. The molecule has 2 rings (SSSR count). The van der Waals surface area contributed by atoms with Gasteiger partial charge in [0, 0.05) is 5.88 Å². The molecule has 8 heteroatoms. The number of benzene rings is 2. The number of sulfone groups is 1. The van der Waals surface area contributed by atoms with Crippen LogP contribution >= 0.6 is 34.8 Å². The van der Waals surface area contributed by atoms with Crippen molar-refractivity contribution in [3.05, 3.63) is 59.8 Å². The summed E-state index contributed by atoms with van der Waals surface area (Å²) in [5.74, 6) is 1.22. The third kappa shape index (κ3) is 5.19. The SMILES string of the molecule is [CH2][CH]COc1ccc(S(=O)(=O)c2cc(Cl)c(OCCCCl)c(Cl)c2)cc1. The highest BCUT2D eigenvalue weighted by molar-refractivity contribution is 7.91. The van der Waals surface area contributed by atoms with Gasteiger partial charge in [-0.1, -0.05) is 23.2 Å². The second-order valence-electron chi connectivity index (χ2n) is 5.18. The van der Waals surface area contributed by atoms with Gasteiger partial charge >= 0.3 is 0 Å². The summed E-state index contributed by atoms with van der Waals surface area (Å²) in [6, 6.07) is 8.70. The third-order valence-corrected chi connectivity index (χ3v) is 5.89. The summed E-state index contributed by atoms with van der Waals surface area (Å²) in [6.07, 6.45) is 2.22. The smallest absolute Gasteiger partial charge is 0.206 e. The standard InChI is InChI=1S/C18H17Cl3O4S/c1-2-9-24-13-4-6-14(7-5-13)26(22,23)15-11-16(20)18(17(21)12-15)25-10-3-8-19/h2,4-7,11-12H,1,3,8-10H2. The van der Waals surface area contributed by atoms with Crippen molar-refractivity contribution in [1.82, 2.24) is 0 Å². The highest BCUT2D eigenvalue weighted by Gasteiger charge is 2.21. The van der Waals surface area contributed by atoms with Gasteiger partial charge in [0.25, 0.3) is 0 Å². The Hall–Kier alpha value is -1.14. The van der Waals surface area contributed by atoms with E-state index in [0.29, 0.717) is 31.3 Å². The van der Waals surface area contributed by atoms with E-state index >= 15 is 0 Å². The van der Waals surface area contributed by atoms with Crippen LogP contribution in [0.25, 0.3) is 0 Å². The van der Waals surface area contributed by atoms with Crippen LogP contribution in [0, 0.1) is 13.3 Å². The van der Waals surface area contributed by atoms with Crippen LogP contribution in [-0.2, 0) is 9.84 Å². The zero-order valence-corrected chi connectivity index (χ0v) is 16.8. The van der Waals surface area contributed by atoms with E-state index in [2.05, 4.69) is 6.92 Å². The fourth-order valence-electron chi connectivity index (χ4n) is 2.06. The summed E-state index contributed by atoms with van der Waals surface area (Å²) < 4.78 is 36.4. The van der Waals surface area contributed by atoms with E-state index in [9.17, 15) is 8.42 Å². The monoisotopic (exact) mass is 434 g/mol.